The molecular weight excluding hydrogens is 178 g/mol. The third kappa shape index (κ3) is 3.56. The maximum absolute atomic E-state index is 9.76. The molecule has 3 atom stereocenters. The van der Waals surface area contributed by atoms with Crippen LogP contribution in [0.1, 0.15) is 46.5 Å². The molecule has 84 valence electrons. The molecule has 3 unspecified atom stereocenters. The molecule has 0 bridgehead atoms. The zero-order chi connectivity index (χ0) is 10.8. The third-order valence-electron chi connectivity index (χ3n) is 3.19. The van der Waals surface area contributed by atoms with E-state index in [1.807, 2.05) is 20.8 Å². The third-order valence-corrected chi connectivity index (χ3v) is 3.19. The summed E-state index contributed by atoms with van der Waals surface area (Å²) in [5.74, 6) is 0. The van der Waals surface area contributed by atoms with Crippen molar-refractivity contribution in [3.63, 3.8) is 0 Å². The van der Waals surface area contributed by atoms with Crippen molar-refractivity contribution in [2.75, 3.05) is 0 Å². The number of rotatable bonds is 3. The summed E-state index contributed by atoms with van der Waals surface area (Å²) < 4.78 is 0. The summed E-state index contributed by atoms with van der Waals surface area (Å²) in [6.45, 7) is 5.61. The first-order chi connectivity index (χ1) is 6.39. The molecule has 0 spiro atoms. The van der Waals surface area contributed by atoms with Crippen molar-refractivity contribution in [3.8, 4) is 0 Å². The molecule has 0 saturated heterocycles. The lowest BCUT2D eigenvalue weighted by Gasteiger charge is -2.34. The summed E-state index contributed by atoms with van der Waals surface area (Å²) in [6.07, 6.45) is 3.78. The summed E-state index contributed by atoms with van der Waals surface area (Å²) >= 11 is 0. The molecule has 1 saturated carbocycles. The van der Waals surface area contributed by atoms with Gasteiger partial charge in [0.1, 0.15) is 0 Å². The van der Waals surface area contributed by atoms with Crippen LogP contribution in [-0.4, -0.2) is 34.0 Å². The summed E-state index contributed by atoms with van der Waals surface area (Å²) in [6, 6.07) is 0.429. The van der Waals surface area contributed by atoms with Gasteiger partial charge in [-0.15, -0.1) is 0 Å². The molecule has 3 heteroatoms. The van der Waals surface area contributed by atoms with Crippen LogP contribution >= 0.6 is 0 Å². The molecule has 0 amide bonds. The van der Waals surface area contributed by atoms with Gasteiger partial charge in [0, 0.05) is 12.1 Å². The highest BCUT2D eigenvalue weighted by Crippen LogP contribution is 2.20. The SMILES string of the molecule is CC(NC1CCCC(O)C1)C(C)(C)O. The van der Waals surface area contributed by atoms with Crippen LogP contribution in [0.5, 0.6) is 0 Å². The van der Waals surface area contributed by atoms with E-state index in [0.29, 0.717) is 6.04 Å². The maximum Gasteiger partial charge on any atom is 0.0741 e. The summed E-state index contributed by atoms with van der Waals surface area (Å²) in [7, 11) is 0. The summed E-state index contributed by atoms with van der Waals surface area (Å²) in [5, 5.41) is 22.6. The van der Waals surface area contributed by atoms with E-state index < -0.39 is 5.60 Å². The fourth-order valence-electron chi connectivity index (χ4n) is 1.87. The van der Waals surface area contributed by atoms with Crippen molar-refractivity contribution in [1.82, 2.24) is 5.32 Å². The Kier molecular flexibility index (Phi) is 3.93. The van der Waals surface area contributed by atoms with Crippen LogP contribution in [0.15, 0.2) is 0 Å². The van der Waals surface area contributed by atoms with Crippen LogP contribution in [0.4, 0.5) is 0 Å². The molecule has 0 aromatic heterocycles. The lowest BCUT2D eigenvalue weighted by molar-refractivity contribution is 0.0304. The summed E-state index contributed by atoms with van der Waals surface area (Å²) in [4.78, 5) is 0. The Labute approximate surface area is 86.5 Å². The molecule has 0 aliphatic heterocycles. The normalized spacial score (nSPS) is 31.5. The monoisotopic (exact) mass is 201 g/mol. The lowest BCUT2D eigenvalue weighted by Crippen LogP contribution is -2.50. The standard InChI is InChI=1S/C11H23NO2/c1-8(11(2,3)14)12-9-5-4-6-10(13)7-9/h8-10,12-14H,4-7H2,1-3H3. The van der Waals surface area contributed by atoms with Crippen molar-refractivity contribution < 1.29 is 10.2 Å². The lowest BCUT2D eigenvalue weighted by atomic mass is 9.91. The van der Waals surface area contributed by atoms with Crippen molar-refractivity contribution in [1.29, 1.82) is 0 Å². The van der Waals surface area contributed by atoms with Crippen LogP contribution in [0.3, 0.4) is 0 Å². The van der Waals surface area contributed by atoms with Crippen molar-refractivity contribution >= 4 is 0 Å². The van der Waals surface area contributed by atoms with E-state index in [1.165, 1.54) is 0 Å². The first-order valence-corrected chi connectivity index (χ1v) is 5.56. The molecule has 3 nitrogen and oxygen atoms in total. The number of aliphatic hydroxyl groups excluding tert-OH is 1. The average molecular weight is 201 g/mol. The molecule has 0 heterocycles. The summed E-state index contributed by atoms with van der Waals surface area (Å²) in [5.41, 5.74) is -0.692. The van der Waals surface area contributed by atoms with Gasteiger partial charge >= 0.3 is 0 Å². The maximum atomic E-state index is 9.76. The van der Waals surface area contributed by atoms with Gasteiger partial charge in [-0.3, -0.25) is 0 Å². The smallest absolute Gasteiger partial charge is 0.0741 e. The Morgan fingerprint density at radius 2 is 2.00 bits per heavy atom. The van der Waals surface area contributed by atoms with Crippen LogP contribution in [-0.2, 0) is 0 Å². The van der Waals surface area contributed by atoms with Gasteiger partial charge in [-0.1, -0.05) is 0 Å². The predicted octanol–water partition coefficient (Wildman–Crippen LogP) is 1.04. The van der Waals surface area contributed by atoms with E-state index in [4.69, 9.17) is 0 Å². The highest BCUT2D eigenvalue weighted by Gasteiger charge is 2.27. The zero-order valence-corrected chi connectivity index (χ0v) is 9.45. The molecule has 1 aliphatic carbocycles. The van der Waals surface area contributed by atoms with Crippen LogP contribution in [0.25, 0.3) is 0 Å². The van der Waals surface area contributed by atoms with Gasteiger partial charge in [0.05, 0.1) is 11.7 Å². The molecule has 0 aromatic rings. The van der Waals surface area contributed by atoms with Gasteiger partial charge < -0.3 is 15.5 Å². The Morgan fingerprint density at radius 3 is 2.50 bits per heavy atom. The topological polar surface area (TPSA) is 52.5 Å². The molecule has 0 radical (unpaired) electrons. The molecule has 3 N–H and O–H groups in total. The van der Waals surface area contributed by atoms with Gasteiger partial charge in [0.25, 0.3) is 0 Å². The van der Waals surface area contributed by atoms with Crippen LogP contribution < -0.4 is 5.32 Å². The second kappa shape index (κ2) is 4.60. The second-order valence-electron chi connectivity index (χ2n) is 5.06. The minimum Gasteiger partial charge on any atom is -0.393 e. The molecule has 1 rings (SSSR count). The van der Waals surface area contributed by atoms with E-state index in [0.717, 1.165) is 25.7 Å². The van der Waals surface area contributed by atoms with Gasteiger partial charge in [-0.2, -0.15) is 0 Å². The highest BCUT2D eigenvalue weighted by atomic mass is 16.3. The molecule has 1 aliphatic rings. The fourth-order valence-corrected chi connectivity index (χ4v) is 1.87. The average Bonchev–Trinajstić information content (AvgIpc) is 2.02. The molecular formula is C11H23NO2. The number of nitrogens with one attached hydrogen (secondary N) is 1. The van der Waals surface area contributed by atoms with Gasteiger partial charge in [-0.25, -0.2) is 0 Å². The van der Waals surface area contributed by atoms with E-state index in [2.05, 4.69) is 5.32 Å². The van der Waals surface area contributed by atoms with E-state index in [-0.39, 0.29) is 12.1 Å². The first kappa shape index (κ1) is 12.0. The number of aliphatic hydroxyl groups is 2. The zero-order valence-electron chi connectivity index (χ0n) is 9.45. The van der Waals surface area contributed by atoms with Crippen molar-refractivity contribution in [2.24, 2.45) is 0 Å². The van der Waals surface area contributed by atoms with Crippen molar-refractivity contribution in [3.05, 3.63) is 0 Å². The largest absolute Gasteiger partial charge is 0.393 e. The molecule has 1 fully saturated rings. The Hall–Kier alpha value is -0.120. The second-order valence-corrected chi connectivity index (χ2v) is 5.06. The molecule has 0 aromatic carbocycles. The van der Waals surface area contributed by atoms with Gasteiger partial charge in [0.15, 0.2) is 0 Å². The Bertz CT molecular complexity index is 177. The van der Waals surface area contributed by atoms with Gasteiger partial charge in [-0.05, 0) is 46.5 Å². The van der Waals surface area contributed by atoms with Gasteiger partial charge in [0.2, 0.25) is 0 Å². The van der Waals surface area contributed by atoms with Crippen LogP contribution in [0, 0.1) is 0 Å². The van der Waals surface area contributed by atoms with E-state index >= 15 is 0 Å². The van der Waals surface area contributed by atoms with E-state index in [9.17, 15) is 10.2 Å². The van der Waals surface area contributed by atoms with E-state index in [1.54, 1.807) is 0 Å². The van der Waals surface area contributed by atoms with Crippen molar-refractivity contribution in [2.45, 2.75) is 70.2 Å². The molecule has 14 heavy (non-hydrogen) atoms. The fraction of sp³-hybridized carbons (Fsp3) is 1.00. The number of hydrogen-bond donors (Lipinski definition) is 3. The Morgan fingerprint density at radius 1 is 1.36 bits per heavy atom. The minimum absolute atomic E-state index is 0.0674. The highest BCUT2D eigenvalue weighted by molar-refractivity contribution is 4.85. The first-order valence-electron chi connectivity index (χ1n) is 5.56. The Balaban J connectivity index is 2.36. The quantitative estimate of drug-likeness (QED) is 0.639. The van der Waals surface area contributed by atoms with Crippen LogP contribution in [0.2, 0.25) is 0 Å². The predicted molar refractivity (Wildman–Crippen MR) is 57.2 cm³/mol. The minimum atomic E-state index is -0.692. The number of hydrogen-bond acceptors (Lipinski definition) is 3.